The molecular formula is C50H83NO4Si. The first kappa shape index (κ1) is 49.6. The summed E-state index contributed by atoms with van der Waals surface area (Å²) in [5.74, 6) is -0.440. The summed E-state index contributed by atoms with van der Waals surface area (Å²) in [5, 5.41) is 27.6. The van der Waals surface area contributed by atoms with Gasteiger partial charge >= 0.3 is 0 Å². The summed E-state index contributed by atoms with van der Waals surface area (Å²) in [5.41, 5.74) is 0. The van der Waals surface area contributed by atoms with Crippen molar-refractivity contribution in [3.05, 3.63) is 85.0 Å². The molecular weight excluding hydrogens is 707 g/mol. The summed E-state index contributed by atoms with van der Waals surface area (Å²) in [6.07, 6.45) is 33.6. The Kier molecular flexibility index (Phi) is 27.1. The normalized spacial score (nSPS) is 14.1. The number of carbonyl (C=O) groups excluding carboxylic acids is 1. The second-order valence-electron chi connectivity index (χ2n) is 17.2. The van der Waals surface area contributed by atoms with Gasteiger partial charge in [-0.15, -0.1) is 0 Å². The van der Waals surface area contributed by atoms with Crippen molar-refractivity contribution in [3.8, 4) is 0 Å². The highest BCUT2D eigenvalue weighted by atomic mass is 28.4. The molecule has 0 saturated carbocycles. The first-order valence-electron chi connectivity index (χ1n) is 22.9. The van der Waals surface area contributed by atoms with Crippen molar-refractivity contribution >= 4 is 24.6 Å². The number of rotatable bonds is 33. The lowest BCUT2D eigenvalue weighted by Crippen LogP contribution is -2.67. The van der Waals surface area contributed by atoms with E-state index in [-0.39, 0.29) is 11.6 Å². The second kappa shape index (κ2) is 30.5. The van der Waals surface area contributed by atoms with E-state index in [4.69, 9.17) is 4.43 Å². The first-order chi connectivity index (χ1) is 27.2. The van der Waals surface area contributed by atoms with Gasteiger partial charge < -0.3 is 20.0 Å². The standard InChI is InChI=1S/C50H83NO4Si/c1-6-8-10-12-14-16-18-20-22-23-25-27-35-41-47(52)46(51-49(54)48(53)42-36-28-26-24-21-19-17-15-13-11-9-7-2)43-55-56(50(3,4)5,44-37-31-29-32-38-44)45-39-33-30-34-40-45/h22-23,29-35,37-41,46-48,52-53H,6-21,24-28,36,42-43H2,1-5H3,(H,51,54)/b23-22+,41-35+/t46-,47+,48+/m0/s1. The molecule has 5 nitrogen and oxygen atoms in total. The van der Waals surface area contributed by atoms with Crippen LogP contribution >= 0.6 is 0 Å². The van der Waals surface area contributed by atoms with Crippen LogP contribution in [0.25, 0.3) is 0 Å². The number of unbranched alkanes of at least 4 members (excludes halogenated alkanes) is 19. The SMILES string of the molecule is CCCCCCCCC/C=C/CC/C=C/[C@@H](O)[C@H](CO[Si](c1ccccc1)(c1ccccc1)C(C)(C)C)NC(=O)[C@H](O)CCCCCCCCCCCCCC. The molecule has 0 fully saturated rings. The molecule has 316 valence electrons. The van der Waals surface area contributed by atoms with Crippen LogP contribution in [-0.4, -0.2) is 49.3 Å². The molecule has 3 N–H and O–H groups in total. The highest BCUT2D eigenvalue weighted by Crippen LogP contribution is 2.37. The van der Waals surface area contributed by atoms with Crippen LogP contribution in [0, 0.1) is 0 Å². The molecule has 0 bridgehead atoms. The summed E-state index contributed by atoms with van der Waals surface area (Å²) in [6.45, 7) is 11.3. The fourth-order valence-corrected chi connectivity index (χ4v) is 12.4. The zero-order valence-corrected chi connectivity index (χ0v) is 37.5. The maximum absolute atomic E-state index is 13.5. The van der Waals surface area contributed by atoms with Crippen molar-refractivity contribution in [2.45, 2.75) is 206 Å². The van der Waals surface area contributed by atoms with E-state index in [1.54, 1.807) is 6.08 Å². The molecule has 0 unspecified atom stereocenters. The van der Waals surface area contributed by atoms with Crippen molar-refractivity contribution in [1.82, 2.24) is 5.32 Å². The minimum atomic E-state index is -2.92. The summed E-state index contributed by atoms with van der Waals surface area (Å²) in [7, 11) is -2.92. The Labute approximate surface area is 345 Å². The lowest BCUT2D eigenvalue weighted by molar-refractivity contribution is -0.131. The van der Waals surface area contributed by atoms with Gasteiger partial charge in [-0.25, -0.2) is 0 Å². The molecule has 0 radical (unpaired) electrons. The summed E-state index contributed by atoms with van der Waals surface area (Å²) in [6, 6.07) is 20.1. The number of nitrogens with one attached hydrogen (secondary N) is 1. The topological polar surface area (TPSA) is 78.8 Å². The maximum Gasteiger partial charge on any atom is 0.261 e. The summed E-state index contributed by atoms with van der Waals surface area (Å²) < 4.78 is 7.16. The third kappa shape index (κ3) is 19.8. The lowest BCUT2D eigenvalue weighted by atomic mass is 10.0. The number of aliphatic hydroxyl groups excluding tert-OH is 2. The van der Waals surface area contributed by atoms with Crippen LogP contribution in [0.5, 0.6) is 0 Å². The molecule has 0 aliphatic carbocycles. The molecule has 0 spiro atoms. The van der Waals surface area contributed by atoms with Crippen molar-refractivity contribution < 1.29 is 19.4 Å². The Hall–Kier alpha value is -2.51. The van der Waals surface area contributed by atoms with Crippen molar-refractivity contribution in [2.75, 3.05) is 6.61 Å². The Morgan fingerprint density at radius 3 is 1.54 bits per heavy atom. The van der Waals surface area contributed by atoms with Gasteiger partial charge in [-0.3, -0.25) is 4.79 Å². The molecule has 2 aromatic rings. The van der Waals surface area contributed by atoms with Gasteiger partial charge in [0.15, 0.2) is 0 Å². The predicted molar refractivity (Wildman–Crippen MR) is 243 cm³/mol. The van der Waals surface area contributed by atoms with Crippen molar-refractivity contribution in [1.29, 1.82) is 0 Å². The molecule has 3 atom stereocenters. The van der Waals surface area contributed by atoms with Crippen LogP contribution in [-0.2, 0) is 9.22 Å². The predicted octanol–water partition coefficient (Wildman–Crippen LogP) is 11.9. The van der Waals surface area contributed by atoms with Gasteiger partial charge in [0.25, 0.3) is 8.32 Å². The van der Waals surface area contributed by atoms with Gasteiger partial charge in [0, 0.05) is 0 Å². The molecule has 1 amide bonds. The zero-order chi connectivity index (χ0) is 40.7. The fraction of sp³-hybridized carbons (Fsp3) is 0.660. The average Bonchev–Trinajstić information content (AvgIpc) is 3.19. The van der Waals surface area contributed by atoms with Crippen LogP contribution in [0.4, 0.5) is 0 Å². The zero-order valence-electron chi connectivity index (χ0n) is 36.5. The third-order valence-corrected chi connectivity index (χ3v) is 16.2. The van der Waals surface area contributed by atoms with Crippen molar-refractivity contribution in [3.63, 3.8) is 0 Å². The van der Waals surface area contributed by atoms with E-state index in [2.05, 4.69) is 101 Å². The van der Waals surface area contributed by atoms with E-state index >= 15 is 0 Å². The van der Waals surface area contributed by atoms with Crippen LogP contribution < -0.4 is 15.7 Å². The summed E-state index contributed by atoms with van der Waals surface area (Å²) >= 11 is 0. The molecule has 2 aromatic carbocycles. The summed E-state index contributed by atoms with van der Waals surface area (Å²) in [4.78, 5) is 13.5. The molecule has 6 heteroatoms. The van der Waals surface area contributed by atoms with Gasteiger partial charge in [-0.05, 0) is 47.5 Å². The number of benzene rings is 2. The van der Waals surface area contributed by atoms with Crippen LogP contribution in [0.1, 0.15) is 182 Å². The van der Waals surface area contributed by atoms with Gasteiger partial charge in [0.2, 0.25) is 5.91 Å². The number of hydrogen-bond acceptors (Lipinski definition) is 4. The number of allylic oxidation sites excluding steroid dienone is 3. The Morgan fingerprint density at radius 1 is 0.625 bits per heavy atom. The fourth-order valence-electron chi connectivity index (χ4n) is 7.81. The van der Waals surface area contributed by atoms with E-state index in [0.717, 1.165) is 48.9 Å². The first-order valence-corrected chi connectivity index (χ1v) is 24.8. The Bertz CT molecular complexity index is 1250. The smallest absolute Gasteiger partial charge is 0.261 e. The minimum Gasteiger partial charge on any atom is -0.405 e. The Balaban J connectivity index is 2.04. The van der Waals surface area contributed by atoms with E-state index < -0.39 is 32.5 Å². The quantitative estimate of drug-likeness (QED) is 0.0382. The monoisotopic (exact) mass is 790 g/mol. The van der Waals surface area contributed by atoms with Gasteiger partial charge in [0.1, 0.15) is 6.10 Å². The Morgan fingerprint density at radius 2 is 1.05 bits per heavy atom. The lowest BCUT2D eigenvalue weighted by Gasteiger charge is -2.44. The molecule has 0 aliphatic heterocycles. The van der Waals surface area contributed by atoms with E-state index in [9.17, 15) is 15.0 Å². The van der Waals surface area contributed by atoms with Crippen molar-refractivity contribution in [2.24, 2.45) is 0 Å². The van der Waals surface area contributed by atoms with E-state index in [0.29, 0.717) is 6.42 Å². The number of amides is 1. The highest BCUT2D eigenvalue weighted by Gasteiger charge is 2.50. The van der Waals surface area contributed by atoms with Gasteiger partial charge in [-0.2, -0.15) is 0 Å². The number of aliphatic hydroxyl groups is 2. The number of hydrogen-bond donors (Lipinski definition) is 3. The van der Waals surface area contributed by atoms with Gasteiger partial charge in [0.05, 0.1) is 18.8 Å². The molecule has 0 heterocycles. The average molecular weight is 790 g/mol. The second-order valence-corrected chi connectivity index (χ2v) is 21.5. The van der Waals surface area contributed by atoms with E-state index in [1.165, 1.54) is 103 Å². The number of carbonyl (C=O) groups is 1. The molecule has 0 saturated heterocycles. The largest absolute Gasteiger partial charge is 0.405 e. The molecule has 0 aromatic heterocycles. The van der Waals surface area contributed by atoms with E-state index in [1.807, 2.05) is 18.2 Å². The van der Waals surface area contributed by atoms with Crippen LogP contribution in [0.3, 0.4) is 0 Å². The van der Waals surface area contributed by atoms with Crippen LogP contribution in [0.15, 0.2) is 85.0 Å². The highest BCUT2D eigenvalue weighted by molar-refractivity contribution is 6.99. The maximum atomic E-state index is 13.5. The van der Waals surface area contributed by atoms with Crippen LogP contribution in [0.2, 0.25) is 5.04 Å². The molecule has 0 aliphatic rings. The third-order valence-electron chi connectivity index (χ3n) is 11.2. The van der Waals surface area contributed by atoms with Gasteiger partial charge in [-0.1, -0.05) is 235 Å². The minimum absolute atomic E-state index is 0.119. The molecule has 56 heavy (non-hydrogen) atoms. The molecule has 2 rings (SSSR count).